The van der Waals surface area contributed by atoms with Gasteiger partial charge in [-0.3, -0.25) is 4.79 Å². The van der Waals surface area contributed by atoms with E-state index in [9.17, 15) is 9.90 Å². The zero-order valence-electron chi connectivity index (χ0n) is 22.2. The Bertz CT molecular complexity index is 1590. The predicted octanol–water partition coefficient (Wildman–Crippen LogP) is 5.74. The number of fused-ring (bicyclic) bond motifs is 2. The van der Waals surface area contributed by atoms with Gasteiger partial charge >= 0.3 is 0 Å². The summed E-state index contributed by atoms with van der Waals surface area (Å²) in [5, 5.41) is 18.9. The van der Waals surface area contributed by atoms with Crippen molar-refractivity contribution in [2.45, 2.75) is 51.4 Å². The zero-order valence-corrected chi connectivity index (χ0v) is 22.2. The van der Waals surface area contributed by atoms with Crippen LogP contribution in [0.15, 0.2) is 59.7 Å². The van der Waals surface area contributed by atoms with Crippen molar-refractivity contribution >= 4 is 28.7 Å². The van der Waals surface area contributed by atoms with Gasteiger partial charge in [-0.05, 0) is 68.2 Å². The maximum absolute atomic E-state index is 11.4. The number of carbonyl (C=O) groups is 1. The smallest absolute Gasteiger partial charge is 0.216 e. The summed E-state index contributed by atoms with van der Waals surface area (Å²) < 4.78 is 1.96. The van der Waals surface area contributed by atoms with Gasteiger partial charge in [-0.2, -0.15) is 5.10 Å². The van der Waals surface area contributed by atoms with Crippen LogP contribution in [0.3, 0.4) is 0 Å². The van der Waals surface area contributed by atoms with E-state index in [1.54, 1.807) is 19.1 Å². The molecule has 1 aliphatic heterocycles. The fraction of sp³-hybridized carbons (Fsp3) is 0.323. The van der Waals surface area contributed by atoms with Gasteiger partial charge in [0, 0.05) is 36.6 Å². The number of allylic oxidation sites excluding steroid dienone is 1. The van der Waals surface area contributed by atoms with E-state index in [2.05, 4.69) is 34.6 Å². The Kier molecular flexibility index (Phi) is 6.69. The van der Waals surface area contributed by atoms with Crippen LogP contribution in [0.1, 0.15) is 62.9 Å². The number of aromatic hydroxyl groups is 1. The lowest BCUT2D eigenvalue weighted by Crippen LogP contribution is -2.29. The average molecular weight is 523 g/mol. The summed E-state index contributed by atoms with van der Waals surface area (Å²) in [5.74, 6) is 1.96. The molecule has 0 unspecified atom stereocenters. The molecule has 5 N–H and O–H groups in total. The second-order valence-electron chi connectivity index (χ2n) is 10.7. The van der Waals surface area contributed by atoms with Crippen LogP contribution in [-0.4, -0.2) is 38.4 Å². The lowest BCUT2D eigenvalue weighted by atomic mass is 9.81. The molecule has 8 heteroatoms. The van der Waals surface area contributed by atoms with Crippen LogP contribution in [0.4, 0.5) is 0 Å². The molecule has 1 aliphatic carbocycles. The number of phenolic OH excluding ortho intramolecular Hbond substituents is 1. The Morgan fingerprint density at radius 3 is 2.74 bits per heavy atom. The quantitative estimate of drug-likeness (QED) is 0.267. The van der Waals surface area contributed by atoms with Crippen LogP contribution in [0.5, 0.6) is 5.75 Å². The van der Waals surface area contributed by atoms with Gasteiger partial charge in [0.1, 0.15) is 23.0 Å². The number of nitrogens with one attached hydrogen (secondary N) is 2. The number of para-hydroxylation sites is 1. The van der Waals surface area contributed by atoms with Gasteiger partial charge in [-0.1, -0.05) is 36.4 Å². The summed E-state index contributed by atoms with van der Waals surface area (Å²) in [4.78, 5) is 20.2. The van der Waals surface area contributed by atoms with E-state index < -0.39 is 0 Å². The van der Waals surface area contributed by atoms with Gasteiger partial charge < -0.3 is 21.1 Å². The minimum Gasteiger partial charge on any atom is -0.508 e. The van der Waals surface area contributed by atoms with Crippen molar-refractivity contribution < 1.29 is 9.90 Å². The third kappa shape index (κ3) is 4.94. The molecule has 200 valence electrons. The standard InChI is InChI=1S/C31H34N6O2/c1-19(38)33-18-20-11-13-21(14-12-20)31-36-29(30-26(32)10-2-3-15-34-37(30)31)27-17-23-7-5-9-25(28(23)35-27)22-6-4-8-24(39)16-22/h4-10,15-17,20-21,35,39H,2-3,11-14,18,32H2,1H3,(H,33,38)/b26-10+,34-15-. The number of H-pyrrole nitrogens is 1. The molecule has 1 fully saturated rings. The van der Waals surface area contributed by atoms with Crippen LogP contribution >= 0.6 is 0 Å². The number of phenols is 1. The highest BCUT2D eigenvalue weighted by Crippen LogP contribution is 2.40. The molecule has 1 saturated carbocycles. The molecule has 6 rings (SSSR count). The fourth-order valence-electron chi connectivity index (χ4n) is 5.92. The van der Waals surface area contributed by atoms with Gasteiger partial charge in [0.15, 0.2) is 0 Å². The molecule has 2 aromatic carbocycles. The topological polar surface area (TPSA) is 121 Å². The number of hydrogen-bond donors (Lipinski definition) is 4. The first-order chi connectivity index (χ1) is 19.0. The van der Waals surface area contributed by atoms with Crippen molar-refractivity contribution in [3.05, 3.63) is 66.1 Å². The Morgan fingerprint density at radius 2 is 1.95 bits per heavy atom. The zero-order chi connectivity index (χ0) is 26.9. The van der Waals surface area contributed by atoms with Crippen LogP contribution in [0.25, 0.3) is 39.1 Å². The van der Waals surface area contributed by atoms with E-state index in [-0.39, 0.29) is 17.6 Å². The number of carbonyl (C=O) groups excluding carboxylic acids is 1. The van der Waals surface area contributed by atoms with Gasteiger partial charge in [-0.15, -0.1) is 0 Å². The lowest BCUT2D eigenvalue weighted by molar-refractivity contribution is -0.119. The SMILES string of the molecule is CC(=O)NCC1CCC(c2nc(-c3cc4cccc(-c5cccc(O)c5)c4[nH]3)c3n2/N=C\CC/C=C\3N)CC1. The molecule has 2 aromatic heterocycles. The third-order valence-corrected chi connectivity index (χ3v) is 7.93. The molecule has 0 spiro atoms. The van der Waals surface area contributed by atoms with E-state index >= 15 is 0 Å². The molecule has 0 atom stereocenters. The number of amides is 1. The van der Waals surface area contributed by atoms with E-state index in [0.717, 1.165) is 90.0 Å². The van der Waals surface area contributed by atoms with E-state index in [1.807, 2.05) is 29.1 Å². The maximum Gasteiger partial charge on any atom is 0.216 e. The molecule has 39 heavy (non-hydrogen) atoms. The molecule has 0 radical (unpaired) electrons. The van der Waals surface area contributed by atoms with Crippen molar-refractivity contribution in [1.82, 2.24) is 20.0 Å². The molecule has 0 saturated heterocycles. The summed E-state index contributed by atoms with van der Waals surface area (Å²) in [6.07, 6.45) is 9.75. The number of hydrogen-bond acceptors (Lipinski definition) is 5. The van der Waals surface area contributed by atoms with Crippen molar-refractivity contribution in [2.24, 2.45) is 16.8 Å². The predicted molar refractivity (Wildman–Crippen MR) is 155 cm³/mol. The number of rotatable bonds is 5. The summed E-state index contributed by atoms with van der Waals surface area (Å²) in [7, 11) is 0. The van der Waals surface area contributed by atoms with Crippen LogP contribution in [-0.2, 0) is 4.79 Å². The van der Waals surface area contributed by atoms with Gasteiger partial charge in [0.05, 0.1) is 16.9 Å². The molecule has 1 amide bonds. The van der Waals surface area contributed by atoms with Crippen molar-refractivity contribution in [3.63, 3.8) is 0 Å². The van der Waals surface area contributed by atoms with Crippen molar-refractivity contribution in [1.29, 1.82) is 0 Å². The van der Waals surface area contributed by atoms with Crippen LogP contribution in [0.2, 0.25) is 0 Å². The largest absolute Gasteiger partial charge is 0.508 e. The summed E-state index contributed by atoms with van der Waals surface area (Å²) >= 11 is 0. The Morgan fingerprint density at radius 1 is 1.13 bits per heavy atom. The molecule has 3 heterocycles. The number of nitrogens with zero attached hydrogens (tertiary/aromatic N) is 3. The number of aromatic amines is 1. The van der Waals surface area contributed by atoms with Crippen molar-refractivity contribution in [2.75, 3.05) is 6.54 Å². The lowest BCUT2D eigenvalue weighted by Gasteiger charge is -2.28. The third-order valence-electron chi connectivity index (χ3n) is 7.93. The van der Waals surface area contributed by atoms with Crippen LogP contribution in [0, 0.1) is 5.92 Å². The summed E-state index contributed by atoms with van der Waals surface area (Å²) in [5.41, 5.74) is 12.8. The van der Waals surface area contributed by atoms with Gasteiger partial charge in [0.2, 0.25) is 5.91 Å². The minimum absolute atomic E-state index is 0.0264. The minimum atomic E-state index is 0.0264. The molecule has 0 bridgehead atoms. The normalized spacial score (nSPS) is 21.4. The number of imidazole rings is 1. The second-order valence-corrected chi connectivity index (χ2v) is 10.7. The van der Waals surface area contributed by atoms with E-state index in [1.165, 1.54) is 0 Å². The Balaban J connectivity index is 1.41. The van der Waals surface area contributed by atoms with E-state index in [4.69, 9.17) is 15.8 Å². The first kappa shape index (κ1) is 25.0. The number of aromatic nitrogens is 3. The molecule has 8 nitrogen and oxygen atoms in total. The average Bonchev–Trinajstić information content (AvgIpc) is 3.52. The molecular formula is C31H34N6O2. The first-order valence-electron chi connectivity index (χ1n) is 13.8. The maximum atomic E-state index is 11.4. The molecule has 4 aromatic rings. The van der Waals surface area contributed by atoms with Crippen molar-refractivity contribution in [3.8, 4) is 28.3 Å². The molecular weight excluding hydrogens is 488 g/mol. The Labute approximate surface area is 227 Å². The molecule has 2 aliphatic rings. The highest BCUT2D eigenvalue weighted by Gasteiger charge is 2.30. The summed E-state index contributed by atoms with van der Waals surface area (Å²) in [6, 6.07) is 15.6. The number of benzene rings is 2. The highest BCUT2D eigenvalue weighted by molar-refractivity contribution is 5.97. The first-order valence-corrected chi connectivity index (χ1v) is 13.8. The van der Waals surface area contributed by atoms with Crippen LogP contribution < -0.4 is 11.1 Å². The second kappa shape index (κ2) is 10.4. The number of nitrogens with two attached hydrogens (primary N) is 1. The van der Waals surface area contributed by atoms with E-state index in [0.29, 0.717) is 11.6 Å². The fourth-order valence-corrected chi connectivity index (χ4v) is 5.92. The van der Waals surface area contributed by atoms with Gasteiger partial charge in [-0.25, -0.2) is 9.66 Å². The monoisotopic (exact) mass is 522 g/mol. The Hall–Kier alpha value is -4.33. The highest BCUT2D eigenvalue weighted by atomic mass is 16.3. The summed E-state index contributed by atoms with van der Waals surface area (Å²) in [6.45, 7) is 2.31. The van der Waals surface area contributed by atoms with Gasteiger partial charge in [0.25, 0.3) is 0 Å².